The molecule has 30 heavy (non-hydrogen) atoms. The van der Waals surface area contributed by atoms with Crippen LogP contribution in [0, 0.1) is 0 Å². The van der Waals surface area contributed by atoms with Crippen molar-refractivity contribution in [3.63, 3.8) is 0 Å². The van der Waals surface area contributed by atoms with E-state index in [-0.39, 0.29) is 12.5 Å². The van der Waals surface area contributed by atoms with Crippen molar-refractivity contribution in [2.75, 3.05) is 36.9 Å². The third-order valence-corrected chi connectivity index (χ3v) is 5.77. The number of hydrogen-bond acceptors (Lipinski definition) is 5. The molecule has 2 aromatic carbocycles. The summed E-state index contributed by atoms with van der Waals surface area (Å²) in [5.74, 6) is 0.625. The van der Waals surface area contributed by atoms with Crippen LogP contribution in [-0.4, -0.2) is 48.3 Å². The largest absolute Gasteiger partial charge is 0.491 e. The van der Waals surface area contributed by atoms with Crippen LogP contribution in [0.4, 0.5) is 11.4 Å². The highest BCUT2D eigenvalue weighted by Gasteiger charge is 2.27. The monoisotopic (exact) mass is 403 g/mol. The van der Waals surface area contributed by atoms with Gasteiger partial charge in [-0.15, -0.1) is 0 Å². The molecular formula is C24H25N3O3. The predicted molar refractivity (Wildman–Crippen MR) is 118 cm³/mol. The van der Waals surface area contributed by atoms with Crippen LogP contribution in [0.5, 0.6) is 5.75 Å². The van der Waals surface area contributed by atoms with Crippen molar-refractivity contribution in [3.8, 4) is 5.75 Å². The van der Waals surface area contributed by atoms with E-state index in [9.17, 15) is 9.90 Å². The molecule has 3 heterocycles. The minimum absolute atomic E-state index is 0.0984. The second-order valence-electron chi connectivity index (χ2n) is 7.97. The fraction of sp³-hybridized carbons (Fsp3) is 0.292. The number of allylic oxidation sites excluding steroid dienone is 1. The molecule has 3 aliphatic heterocycles. The number of nitrogens with zero attached hydrogens (tertiary/aromatic N) is 1. The zero-order valence-corrected chi connectivity index (χ0v) is 16.7. The van der Waals surface area contributed by atoms with E-state index >= 15 is 0 Å². The summed E-state index contributed by atoms with van der Waals surface area (Å²) in [6, 6.07) is 13.5. The number of ether oxygens (including phenoxy) is 1. The number of benzene rings is 2. The van der Waals surface area contributed by atoms with E-state index in [0.29, 0.717) is 12.1 Å². The van der Waals surface area contributed by atoms with Gasteiger partial charge in [0, 0.05) is 29.0 Å². The average molecular weight is 403 g/mol. The highest BCUT2D eigenvalue weighted by atomic mass is 16.5. The third kappa shape index (κ3) is 3.72. The minimum atomic E-state index is -0.495. The fourth-order valence-corrected chi connectivity index (χ4v) is 4.28. The molecule has 2 aromatic rings. The SMILES string of the molecule is O=C1Nc2ccccc2/C1=C1\C=Cc2cc(OCC(O)CN3CCCC3)ccc2N1. The molecule has 1 fully saturated rings. The number of para-hydroxylation sites is 1. The Balaban J connectivity index is 1.29. The zero-order valence-electron chi connectivity index (χ0n) is 16.7. The minimum Gasteiger partial charge on any atom is -0.491 e. The molecule has 0 aliphatic carbocycles. The number of carbonyl (C=O) groups is 1. The molecule has 1 atom stereocenters. The van der Waals surface area contributed by atoms with Gasteiger partial charge in [0.25, 0.3) is 5.91 Å². The first-order chi connectivity index (χ1) is 14.7. The molecule has 0 spiro atoms. The standard InChI is InChI=1S/C24H25N3O3/c28-17(14-27-11-3-4-12-27)15-30-18-8-10-20-16(13-18)7-9-22(25-20)23-19-5-1-2-6-21(19)26-24(23)29/h1-2,5-10,13,17,25,28H,3-4,11-12,14-15H2,(H,26,29)/b23-22-. The van der Waals surface area contributed by atoms with Crippen LogP contribution in [0.15, 0.2) is 54.2 Å². The molecule has 3 aliphatic rings. The molecule has 6 heteroatoms. The lowest BCUT2D eigenvalue weighted by atomic mass is 10.0. The van der Waals surface area contributed by atoms with Gasteiger partial charge >= 0.3 is 0 Å². The summed E-state index contributed by atoms with van der Waals surface area (Å²) < 4.78 is 5.82. The molecule has 154 valence electrons. The summed E-state index contributed by atoms with van der Waals surface area (Å²) in [6.07, 6.45) is 5.83. The Kier molecular flexibility index (Phi) is 5.02. The first kappa shape index (κ1) is 18.9. The average Bonchev–Trinajstić information content (AvgIpc) is 3.38. The van der Waals surface area contributed by atoms with Gasteiger partial charge in [-0.05, 0) is 56.3 Å². The summed E-state index contributed by atoms with van der Waals surface area (Å²) >= 11 is 0. The van der Waals surface area contributed by atoms with Crippen LogP contribution in [0.3, 0.4) is 0 Å². The summed E-state index contributed by atoms with van der Waals surface area (Å²) in [6.45, 7) is 3.06. The molecule has 1 unspecified atom stereocenters. The van der Waals surface area contributed by atoms with E-state index in [1.807, 2.05) is 54.6 Å². The van der Waals surface area contributed by atoms with Crippen molar-refractivity contribution in [1.82, 2.24) is 4.90 Å². The number of hydrogen-bond donors (Lipinski definition) is 3. The lowest BCUT2D eigenvalue weighted by Gasteiger charge is -2.21. The van der Waals surface area contributed by atoms with E-state index in [1.54, 1.807) is 0 Å². The molecule has 0 bridgehead atoms. The number of aliphatic hydroxyl groups excluding tert-OH is 1. The fourth-order valence-electron chi connectivity index (χ4n) is 4.28. The maximum Gasteiger partial charge on any atom is 0.258 e. The number of amides is 1. The van der Waals surface area contributed by atoms with E-state index in [4.69, 9.17) is 4.74 Å². The highest BCUT2D eigenvalue weighted by molar-refractivity contribution is 6.33. The molecule has 0 saturated carbocycles. The third-order valence-electron chi connectivity index (χ3n) is 5.77. The quantitative estimate of drug-likeness (QED) is 0.668. The van der Waals surface area contributed by atoms with Gasteiger partial charge in [-0.1, -0.05) is 24.3 Å². The number of carbonyl (C=O) groups excluding carboxylic acids is 1. The number of β-amino-alcohol motifs (C(OH)–C–C–N with tert-alkyl or cyclic N) is 1. The Hall–Kier alpha value is -3.09. The summed E-state index contributed by atoms with van der Waals surface area (Å²) in [4.78, 5) is 14.8. The number of fused-ring (bicyclic) bond motifs is 2. The van der Waals surface area contributed by atoms with Crippen molar-refractivity contribution in [2.45, 2.75) is 18.9 Å². The Bertz CT molecular complexity index is 1040. The van der Waals surface area contributed by atoms with Gasteiger partial charge < -0.3 is 25.4 Å². The number of nitrogens with one attached hydrogen (secondary N) is 2. The Morgan fingerprint density at radius 2 is 1.87 bits per heavy atom. The van der Waals surface area contributed by atoms with E-state index in [1.165, 1.54) is 12.8 Å². The van der Waals surface area contributed by atoms with Crippen molar-refractivity contribution < 1.29 is 14.6 Å². The number of aliphatic hydroxyl groups is 1. The lowest BCUT2D eigenvalue weighted by molar-refractivity contribution is -0.110. The van der Waals surface area contributed by atoms with Gasteiger partial charge in [0.15, 0.2) is 0 Å². The molecule has 0 aromatic heterocycles. The highest BCUT2D eigenvalue weighted by Crippen LogP contribution is 2.37. The molecule has 6 nitrogen and oxygen atoms in total. The molecule has 5 rings (SSSR count). The van der Waals surface area contributed by atoms with E-state index < -0.39 is 6.10 Å². The molecular weight excluding hydrogens is 378 g/mol. The molecule has 1 saturated heterocycles. The van der Waals surface area contributed by atoms with Gasteiger partial charge in [0.1, 0.15) is 18.5 Å². The van der Waals surface area contributed by atoms with Gasteiger partial charge in [0.2, 0.25) is 0 Å². The van der Waals surface area contributed by atoms with Gasteiger partial charge in [-0.25, -0.2) is 0 Å². The first-order valence-corrected chi connectivity index (χ1v) is 10.4. The maximum absolute atomic E-state index is 12.5. The van der Waals surface area contributed by atoms with Crippen LogP contribution in [0.2, 0.25) is 0 Å². The summed E-state index contributed by atoms with van der Waals surface area (Å²) in [5, 5.41) is 16.5. The number of anilines is 2. The zero-order chi connectivity index (χ0) is 20.5. The topological polar surface area (TPSA) is 73.8 Å². The Morgan fingerprint density at radius 1 is 1.03 bits per heavy atom. The van der Waals surface area contributed by atoms with Gasteiger partial charge in [-0.3, -0.25) is 4.79 Å². The second-order valence-corrected chi connectivity index (χ2v) is 7.97. The van der Waals surface area contributed by atoms with Crippen molar-refractivity contribution in [2.24, 2.45) is 0 Å². The van der Waals surface area contributed by atoms with Crippen LogP contribution in [0.25, 0.3) is 11.6 Å². The van der Waals surface area contributed by atoms with Crippen LogP contribution in [0.1, 0.15) is 24.0 Å². The Labute approximate surface area is 175 Å². The van der Waals surface area contributed by atoms with Gasteiger partial charge in [0.05, 0.1) is 11.3 Å². The summed E-state index contributed by atoms with van der Waals surface area (Å²) in [5.41, 5.74) is 5.07. The van der Waals surface area contributed by atoms with Gasteiger partial charge in [-0.2, -0.15) is 0 Å². The Morgan fingerprint density at radius 3 is 2.73 bits per heavy atom. The predicted octanol–water partition coefficient (Wildman–Crippen LogP) is 3.32. The molecule has 3 N–H and O–H groups in total. The molecule has 0 radical (unpaired) electrons. The number of rotatable bonds is 5. The van der Waals surface area contributed by atoms with Crippen molar-refractivity contribution >= 4 is 28.9 Å². The normalized spacial score (nSPS) is 21.0. The maximum atomic E-state index is 12.5. The van der Waals surface area contributed by atoms with Crippen LogP contribution in [-0.2, 0) is 4.79 Å². The molecule has 1 amide bonds. The number of likely N-dealkylation sites (tertiary alicyclic amines) is 1. The smallest absolute Gasteiger partial charge is 0.258 e. The second kappa shape index (κ2) is 7.97. The van der Waals surface area contributed by atoms with Crippen LogP contribution < -0.4 is 15.4 Å². The van der Waals surface area contributed by atoms with Crippen molar-refractivity contribution in [3.05, 3.63) is 65.4 Å². The van der Waals surface area contributed by atoms with E-state index in [0.717, 1.165) is 47.0 Å². The summed E-state index contributed by atoms with van der Waals surface area (Å²) in [7, 11) is 0. The van der Waals surface area contributed by atoms with E-state index in [2.05, 4.69) is 15.5 Å². The lowest BCUT2D eigenvalue weighted by Crippen LogP contribution is -2.33. The van der Waals surface area contributed by atoms with Crippen molar-refractivity contribution in [1.29, 1.82) is 0 Å². The first-order valence-electron chi connectivity index (χ1n) is 10.4. The van der Waals surface area contributed by atoms with Crippen LogP contribution >= 0.6 is 0 Å².